The van der Waals surface area contributed by atoms with Gasteiger partial charge in [-0.3, -0.25) is 9.78 Å². The summed E-state index contributed by atoms with van der Waals surface area (Å²) in [4.78, 5) is 16.1. The van der Waals surface area contributed by atoms with Gasteiger partial charge in [0.2, 0.25) is 10.0 Å². The molecule has 1 aliphatic rings. The number of Topliss-reactive ketones (excluding diaryl/α,β-unsaturated/α-hetero) is 1. The Kier molecular flexibility index (Phi) is 4.78. The van der Waals surface area contributed by atoms with Crippen molar-refractivity contribution in [3.8, 4) is 0 Å². The van der Waals surface area contributed by atoms with E-state index in [1.807, 2.05) is 0 Å². The van der Waals surface area contributed by atoms with Gasteiger partial charge in [-0.05, 0) is 24.8 Å². The molecule has 0 saturated carbocycles. The van der Waals surface area contributed by atoms with Gasteiger partial charge in [0.1, 0.15) is 0 Å². The van der Waals surface area contributed by atoms with E-state index in [1.165, 1.54) is 23.0 Å². The molecular formula is C13H17ClN2O3S. The maximum atomic E-state index is 12.2. The number of hydrogen-bond acceptors (Lipinski definition) is 4. The van der Waals surface area contributed by atoms with Crippen LogP contribution in [-0.4, -0.2) is 42.8 Å². The Balaban J connectivity index is 2.03. The molecule has 0 aromatic carbocycles. The molecule has 1 fully saturated rings. The van der Waals surface area contributed by atoms with Crippen LogP contribution in [-0.2, 0) is 10.0 Å². The van der Waals surface area contributed by atoms with Crippen molar-refractivity contribution in [2.45, 2.75) is 19.3 Å². The number of nitrogens with zero attached hydrogens (tertiary/aromatic N) is 2. The Morgan fingerprint density at radius 2 is 2.30 bits per heavy atom. The highest BCUT2D eigenvalue weighted by Crippen LogP contribution is 2.24. The summed E-state index contributed by atoms with van der Waals surface area (Å²) in [6, 6.07) is 1.60. The van der Waals surface area contributed by atoms with Crippen LogP contribution in [0.1, 0.15) is 29.6 Å². The molecule has 20 heavy (non-hydrogen) atoms. The Hall–Kier alpha value is -0.980. The predicted octanol–water partition coefficient (Wildman–Crippen LogP) is 1.98. The highest BCUT2D eigenvalue weighted by atomic mass is 35.5. The topological polar surface area (TPSA) is 67.3 Å². The Bertz CT molecular complexity index is 603. The smallest absolute Gasteiger partial charge is 0.211 e. The maximum Gasteiger partial charge on any atom is 0.211 e. The highest BCUT2D eigenvalue weighted by molar-refractivity contribution is 7.88. The van der Waals surface area contributed by atoms with Crippen LogP contribution in [0.15, 0.2) is 18.5 Å². The van der Waals surface area contributed by atoms with E-state index in [0.29, 0.717) is 30.1 Å². The fourth-order valence-corrected chi connectivity index (χ4v) is 3.64. The van der Waals surface area contributed by atoms with Gasteiger partial charge in [-0.1, -0.05) is 11.6 Å². The first kappa shape index (κ1) is 15.4. The number of aromatic nitrogens is 1. The van der Waals surface area contributed by atoms with E-state index in [9.17, 15) is 13.2 Å². The predicted molar refractivity (Wildman–Crippen MR) is 77.3 cm³/mol. The lowest BCUT2D eigenvalue weighted by Crippen LogP contribution is -2.39. The second kappa shape index (κ2) is 6.20. The van der Waals surface area contributed by atoms with E-state index in [1.54, 1.807) is 6.07 Å². The Morgan fingerprint density at radius 3 is 2.95 bits per heavy atom. The number of pyridine rings is 1. The van der Waals surface area contributed by atoms with Crippen LogP contribution >= 0.6 is 11.6 Å². The maximum absolute atomic E-state index is 12.2. The molecule has 0 N–H and O–H groups in total. The molecule has 0 radical (unpaired) electrons. The number of carbonyl (C=O) groups excluding carboxylic acids is 1. The van der Waals surface area contributed by atoms with Crippen molar-refractivity contribution >= 4 is 27.4 Å². The number of carbonyl (C=O) groups is 1. The number of hydrogen-bond donors (Lipinski definition) is 0. The average Bonchev–Trinajstić information content (AvgIpc) is 2.38. The fourth-order valence-electron chi connectivity index (χ4n) is 2.47. The molecular weight excluding hydrogens is 300 g/mol. The molecule has 0 bridgehead atoms. The molecule has 2 rings (SSSR count). The van der Waals surface area contributed by atoms with Crippen LogP contribution < -0.4 is 0 Å². The van der Waals surface area contributed by atoms with Gasteiger partial charge < -0.3 is 0 Å². The summed E-state index contributed by atoms with van der Waals surface area (Å²) in [6.07, 6.45) is 6.14. The van der Waals surface area contributed by atoms with Crippen LogP contribution in [0.2, 0.25) is 5.02 Å². The largest absolute Gasteiger partial charge is 0.294 e. The van der Waals surface area contributed by atoms with E-state index in [2.05, 4.69) is 4.98 Å². The van der Waals surface area contributed by atoms with Crippen LogP contribution in [0.5, 0.6) is 0 Å². The fraction of sp³-hybridized carbons (Fsp3) is 0.538. The van der Waals surface area contributed by atoms with Gasteiger partial charge in [0.25, 0.3) is 0 Å². The standard InChI is InChI=1S/C13H17ClN2O3S/c1-20(18,19)16-6-2-3-10(9-16)7-13(17)11-4-5-15-8-12(11)14/h4-5,8,10H,2-3,6-7,9H2,1H3. The normalized spacial score (nSPS) is 20.8. The first-order valence-corrected chi connectivity index (χ1v) is 8.68. The van der Waals surface area contributed by atoms with Crippen molar-refractivity contribution in [2.24, 2.45) is 5.92 Å². The Morgan fingerprint density at radius 1 is 1.55 bits per heavy atom. The van der Waals surface area contributed by atoms with Crippen molar-refractivity contribution in [2.75, 3.05) is 19.3 Å². The average molecular weight is 317 g/mol. The molecule has 1 unspecified atom stereocenters. The lowest BCUT2D eigenvalue weighted by molar-refractivity contribution is 0.0942. The summed E-state index contributed by atoms with van der Waals surface area (Å²) in [5.41, 5.74) is 0.457. The monoisotopic (exact) mass is 316 g/mol. The molecule has 1 saturated heterocycles. The van der Waals surface area contributed by atoms with E-state index < -0.39 is 10.0 Å². The van der Waals surface area contributed by atoms with Crippen molar-refractivity contribution in [1.29, 1.82) is 0 Å². The third kappa shape index (κ3) is 3.77. The third-order valence-electron chi connectivity index (χ3n) is 3.50. The van der Waals surface area contributed by atoms with Crippen molar-refractivity contribution in [3.63, 3.8) is 0 Å². The number of piperidine rings is 1. The number of rotatable bonds is 4. The number of sulfonamides is 1. The van der Waals surface area contributed by atoms with Crippen molar-refractivity contribution in [3.05, 3.63) is 29.0 Å². The van der Waals surface area contributed by atoms with Gasteiger partial charge in [0.05, 0.1) is 11.3 Å². The van der Waals surface area contributed by atoms with E-state index in [4.69, 9.17) is 11.6 Å². The first-order valence-electron chi connectivity index (χ1n) is 6.46. The lowest BCUT2D eigenvalue weighted by Gasteiger charge is -2.30. The van der Waals surface area contributed by atoms with Crippen LogP contribution in [0, 0.1) is 5.92 Å². The van der Waals surface area contributed by atoms with Gasteiger partial charge in [-0.25, -0.2) is 12.7 Å². The van der Waals surface area contributed by atoms with Crippen LogP contribution in [0.4, 0.5) is 0 Å². The quantitative estimate of drug-likeness (QED) is 0.797. The SMILES string of the molecule is CS(=O)(=O)N1CCCC(CC(=O)c2ccncc2Cl)C1. The Labute approximate surface area is 124 Å². The molecule has 2 heterocycles. The minimum atomic E-state index is -3.18. The lowest BCUT2D eigenvalue weighted by atomic mass is 9.92. The van der Waals surface area contributed by atoms with E-state index in [-0.39, 0.29) is 11.7 Å². The molecule has 1 atom stereocenters. The zero-order valence-electron chi connectivity index (χ0n) is 11.3. The molecule has 110 valence electrons. The molecule has 7 heteroatoms. The van der Waals surface area contributed by atoms with Crippen LogP contribution in [0.25, 0.3) is 0 Å². The summed E-state index contributed by atoms with van der Waals surface area (Å²) in [5.74, 6) is -0.00652. The molecule has 0 spiro atoms. The van der Waals surface area contributed by atoms with Gasteiger partial charge in [0.15, 0.2) is 5.78 Å². The molecule has 1 aromatic rings. The molecule has 0 aliphatic carbocycles. The molecule has 5 nitrogen and oxygen atoms in total. The first-order chi connectivity index (χ1) is 9.38. The van der Waals surface area contributed by atoms with Crippen LogP contribution in [0.3, 0.4) is 0 Å². The second-order valence-electron chi connectivity index (χ2n) is 5.11. The van der Waals surface area contributed by atoms with Gasteiger partial charge >= 0.3 is 0 Å². The van der Waals surface area contributed by atoms with Crippen molar-refractivity contribution < 1.29 is 13.2 Å². The summed E-state index contributed by atoms with van der Waals surface area (Å²) >= 11 is 5.95. The third-order valence-corrected chi connectivity index (χ3v) is 5.07. The van der Waals surface area contributed by atoms with Crippen molar-refractivity contribution in [1.82, 2.24) is 9.29 Å². The summed E-state index contributed by atoms with van der Waals surface area (Å²) in [7, 11) is -3.18. The van der Waals surface area contributed by atoms with Gasteiger partial charge in [0, 0.05) is 37.5 Å². The molecule has 0 amide bonds. The number of halogens is 1. The highest BCUT2D eigenvalue weighted by Gasteiger charge is 2.27. The second-order valence-corrected chi connectivity index (χ2v) is 7.50. The zero-order chi connectivity index (χ0) is 14.8. The zero-order valence-corrected chi connectivity index (χ0v) is 12.8. The number of ketones is 1. The minimum absolute atomic E-state index is 0.0511. The van der Waals surface area contributed by atoms with E-state index >= 15 is 0 Å². The summed E-state index contributed by atoms with van der Waals surface area (Å²) < 4.78 is 24.6. The summed E-state index contributed by atoms with van der Waals surface area (Å²) in [5, 5.41) is 0.341. The summed E-state index contributed by atoms with van der Waals surface area (Å²) in [6.45, 7) is 0.951. The van der Waals surface area contributed by atoms with E-state index in [0.717, 1.165) is 12.8 Å². The molecule has 1 aromatic heterocycles. The van der Waals surface area contributed by atoms with Gasteiger partial charge in [-0.15, -0.1) is 0 Å². The molecule has 1 aliphatic heterocycles. The minimum Gasteiger partial charge on any atom is -0.294 e. The van der Waals surface area contributed by atoms with Gasteiger partial charge in [-0.2, -0.15) is 0 Å².